The van der Waals surface area contributed by atoms with Gasteiger partial charge in [-0.15, -0.1) is 0 Å². The Morgan fingerprint density at radius 2 is 1.95 bits per heavy atom. The van der Waals surface area contributed by atoms with Gasteiger partial charge >= 0.3 is 6.18 Å². The van der Waals surface area contributed by atoms with Crippen LogP contribution in [0.2, 0.25) is 0 Å². The van der Waals surface area contributed by atoms with E-state index in [1.807, 2.05) is 13.8 Å². The van der Waals surface area contributed by atoms with E-state index in [0.717, 1.165) is 6.07 Å². The highest BCUT2D eigenvalue weighted by Gasteiger charge is 2.33. The van der Waals surface area contributed by atoms with Gasteiger partial charge in [-0.1, -0.05) is 6.07 Å². The number of alkyl halides is 3. The van der Waals surface area contributed by atoms with E-state index < -0.39 is 11.7 Å². The number of ketones is 1. The van der Waals surface area contributed by atoms with Crippen molar-refractivity contribution in [3.05, 3.63) is 35.5 Å². The molecule has 2 rings (SSSR count). The summed E-state index contributed by atoms with van der Waals surface area (Å²) in [5, 5.41) is 0.157. The summed E-state index contributed by atoms with van der Waals surface area (Å²) in [4.78, 5) is 11.3. The van der Waals surface area contributed by atoms with Gasteiger partial charge in [-0.05, 0) is 39.0 Å². The highest BCUT2D eigenvalue weighted by Crippen LogP contribution is 2.37. The first-order valence-electron chi connectivity index (χ1n) is 6.41. The van der Waals surface area contributed by atoms with Crippen LogP contribution in [-0.4, -0.2) is 10.4 Å². The van der Waals surface area contributed by atoms with Gasteiger partial charge in [-0.2, -0.15) is 13.2 Å². The molecule has 0 aliphatic carbocycles. The standard InChI is InChI=1S/C15H16F3NO/c1-9(2)19-11(7-10(3)20)8-12-13(15(16,17)18)5-4-6-14(12)19/h4-6,8-9H,7H2,1-3H3. The summed E-state index contributed by atoms with van der Waals surface area (Å²) in [5.41, 5.74) is 0.490. The molecule has 0 saturated heterocycles. The number of benzene rings is 1. The van der Waals surface area contributed by atoms with Crippen molar-refractivity contribution >= 4 is 16.7 Å². The lowest BCUT2D eigenvalue weighted by molar-refractivity contribution is -0.136. The Morgan fingerprint density at radius 3 is 2.45 bits per heavy atom. The van der Waals surface area contributed by atoms with Crippen molar-refractivity contribution in [2.75, 3.05) is 0 Å². The summed E-state index contributed by atoms with van der Waals surface area (Å²) in [6, 6.07) is 5.62. The van der Waals surface area contributed by atoms with Crippen LogP contribution in [0.4, 0.5) is 13.2 Å². The van der Waals surface area contributed by atoms with Crippen LogP contribution in [0.25, 0.3) is 10.9 Å². The topological polar surface area (TPSA) is 22.0 Å². The summed E-state index contributed by atoms with van der Waals surface area (Å²) in [7, 11) is 0. The molecule has 0 bridgehead atoms. The van der Waals surface area contributed by atoms with E-state index in [1.165, 1.54) is 19.1 Å². The van der Waals surface area contributed by atoms with Gasteiger partial charge in [0, 0.05) is 29.1 Å². The molecule has 0 amide bonds. The van der Waals surface area contributed by atoms with Gasteiger partial charge < -0.3 is 4.57 Å². The number of aromatic nitrogens is 1. The van der Waals surface area contributed by atoms with Gasteiger partial charge in [0.25, 0.3) is 0 Å². The van der Waals surface area contributed by atoms with Gasteiger partial charge in [-0.3, -0.25) is 4.79 Å². The molecule has 20 heavy (non-hydrogen) atoms. The first-order valence-corrected chi connectivity index (χ1v) is 6.41. The molecule has 1 heterocycles. The number of nitrogens with zero attached hydrogens (tertiary/aromatic N) is 1. The van der Waals surface area contributed by atoms with Crippen LogP contribution in [0.1, 0.15) is 38.1 Å². The van der Waals surface area contributed by atoms with Crippen LogP contribution in [-0.2, 0) is 17.4 Å². The lowest BCUT2D eigenvalue weighted by atomic mass is 10.1. The normalized spacial score (nSPS) is 12.3. The average molecular weight is 283 g/mol. The van der Waals surface area contributed by atoms with Crippen molar-refractivity contribution in [1.29, 1.82) is 0 Å². The monoisotopic (exact) mass is 283 g/mol. The number of hydrogen-bond acceptors (Lipinski definition) is 1. The molecule has 108 valence electrons. The molecule has 0 aliphatic heterocycles. The molecular formula is C15H16F3NO. The number of carbonyl (C=O) groups is 1. The first kappa shape index (κ1) is 14.6. The fraction of sp³-hybridized carbons (Fsp3) is 0.400. The summed E-state index contributed by atoms with van der Waals surface area (Å²) in [5.74, 6) is -0.0664. The Balaban J connectivity index is 2.76. The van der Waals surface area contributed by atoms with E-state index in [1.54, 1.807) is 10.6 Å². The molecule has 2 aromatic rings. The molecular weight excluding hydrogens is 267 g/mol. The van der Waals surface area contributed by atoms with Crippen molar-refractivity contribution in [1.82, 2.24) is 4.57 Å². The highest BCUT2D eigenvalue weighted by atomic mass is 19.4. The van der Waals surface area contributed by atoms with Crippen LogP contribution < -0.4 is 0 Å². The molecule has 0 fully saturated rings. The minimum atomic E-state index is -4.39. The zero-order chi connectivity index (χ0) is 15.1. The molecule has 2 nitrogen and oxygen atoms in total. The second-order valence-corrected chi connectivity index (χ2v) is 5.21. The van der Waals surface area contributed by atoms with E-state index in [0.29, 0.717) is 11.2 Å². The summed E-state index contributed by atoms with van der Waals surface area (Å²) in [6.45, 7) is 5.22. The Bertz CT molecular complexity index is 653. The third-order valence-corrected chi connectivity index (χ3v) is 3.21. The molecule has 0 unspecified atom stereocenters. The van der Waals surface area contributed by atoms with Gasteiger partial charge in [0.05, 0.1) is 5.56 Å². The Labute approximate surface area is 115 Å². The van der Waals surface area contributed by atoms with E-state index in [9.17, 15) is 18.0 Å². The van der Waals surface area contributed by atoms with Crippen molar-refractivity contribution in [2.24, 2.45) is 0 Å². The lowest BCUT2D eigenvalue weighted by Crippen LogP contribution is -2.09. The van der Waals surface area contributed by atoms with Crippen molar-refractivity contribution in [2.45, 2.75) is 39.4 Å². The number of halogens is 3. The number of fused-ring (bicyclic) bond motifs is 1. The molecule has 1 aromatic heterocycles. The van der Waals surface area contributed by atoms with Gasteiger partial charge in [0.2, 0.25) is 0 Å². The number of Topliss-reactive ketones (excluding diaryl/α,β-unsaturated/α-hetero) is 1. The average Bonchev–Trinajstić information content (AvgIpc) is 2.63. The fourth-order valence-electron chi connectivity index (χ4n) is 2.55. The molecule has 1 aromatic carbocycles. The quantitative estimate of drug-likeness (QED) is 0.819. The van der Waals surface area contributed by atoms with E-state index >= 15 is 0 Å². The summed E-state index contributed by atoms with van der Waals surface area (Å²) < 4.78 is 40.9. The molecule has 0 spiro atoms. The third kappa shape index (κ3) is 2.57. The number of hydrogen-bond donors (Lipinski definition) is 0. The summed E-state index contributed by atoms with van der Waals surface area (Å²) >= 11 is 0. The molecule has 5 heteroatoms. The van der Waals surface area contributed by atoms with Crippen molar-refractivity contribution < 1.29 is 18.0 Å². The molecule has 0 radical (unpaired) electrons. The first-order chi connectivity index (χ1) is 9.21. The zero-order valence-electron chi connectivity index (χ0n) is 11.6. The van der Waals surface area contributed by atoms with E-state index in [4.69, 9.17) is 0 Å². The minimum Gasteiger partial charge on any atom is -0.342 e. The summed E-state index contributed by atoms with van der Waals surface area (Å²) in [6.07, 6.45) is -4.25. The second kappa shape index (κ2) is 4.96. The van der Waals surface area contributed by atoms with Gasteiger partial charge in [-0.25, -0.2) is 0 Å². The minimum absolute atomic E-state index is 0.00895. The predicted molar refractivity (Wildman–Crippen MR) is 71.7 cm³/mol. The Hall–Kier alpha value is -1.78. The largest absolute Gasteiger partial charge is 0.417 e. The van der Waals surface area contributed by atoms with Crippen LogP contribution in [0.5, 0.6) is 0 Å². The van der Waals surface area contributed by atoms with Crippen molar-refractivity contribution in [3.63, 3.8) is 0 Å². The maximum Gasteiger partial charge on any atom is 0.417 e. The van der Waals surface area contributed by atoms with Crippen LogP contribution in [0.3, 0.4) is 0 Å². The number of rotatable bonds is 3. The predicted octanol–water partition coefficient (Wildman–Crippen LogP) is 4.37. The Morgan fingerprint density at radius 1 is 1.30 bits per heavy atom. The molecule has 0 N–H and O–H groups in total. The maximum atomic E-state index is 13.0. The Kier molecular flexibility index (Phi) is 3.63. The smallest absolute Gasteiger partial charge is 0.342 e. The SMILES string of the molecule is CC(=O)Cc1cc2c(C(F)(F)F)cccc2n1C(C)C. The fourth-order valence-corrected chi connectivity index (χ4v) is 2.55. The molecule has 0 atom stereocenters. The van der Waals surface area contributed by atoms with Gasteiger partial charge in [0.1, 0.15) is 5.78 Å². The van der Waals surface area contributed by atoms with E-state index in [-0.39, 0.29) is 23.6 Å². The zero-order valence-corrected chi connectivity index (χ0v) is 11.6. The van der Waals surface area contributed by atoms with E-state index in [2.05, 4.69) is 0 Å². The van der Waals surface area contributed by atoms with Crippen LogP contribution in [0, 0.1) is 0 Å². The lowest BCUT2D eigenvalue weighted by Gasteiger charge is -2.14. The highest BCUT2D eigenvalue weighted by molar-refractivity contribution is 5.87. The maximum absolute atomic E-state index is 13.0. The molecule has 0 saturated carbocycles. The van der Waals surface area contributed by atoms with Gasteiger partial charge in [0.15, 0.2) is 0 Å². The van der Waals surface area contributed by atoms with Crippen LogP contribution >= 0.6 is 0 Å². The second-order valence-electron chi connectivity index (χ2n) is 5.21. The van der Waals surface area contributed by atoms with Crippen LogP contribution in [0.15, 0.2) is 24.3 Å². The van der Waals surface area contributed by atoms with Crippen molar-refractivity contribution in [3.8, 4) is 0 Å². The number of carbonyl (C=O) groups excluding carboxylic acids is 1. The molecule has 0 aliphatic rings. The third-order valence-electron chi connectivity index (χ3n) is 3.21.